The zero-order valence-electron chi connectivity index (χ0n) is 34.6. The highest BCUT2D eigenvalue weighted by molar-refractivity contribution is 7.47. The Morgan fingerprint density at radius 2 is 1.37 bits per heavy atom. The van der Waals surface area contributed by atoms with Crippen LogP contribution < -0.4 is 5.73 Å². The number of phosphoric acid groups is 1. The van der Waals surface area contributed by atoms with Gasteiger partial charge in [-0.15, -0.1) is 0 Å². The second kappa shape index (κ2) is 34.8. The Kier molecular flexibility index (Phi) is 31.7. The van der Waals surface area contributed by atoms with E-state index in [9.17, 15) is 28.9 Å². The molecule has 12 heteroatoms. The first kappa shape index (κ1) is 51.8. The minimum atomic E-state index is -4.45. The molecule has 1 aliphatic carbocycles. The second-order valence-electron chi connectivity index (χ2n) is 14.2. The van der Waals surface area contributed by atoms with Gasteiger partial charge in [0.2, 0.25) is 0 Å². The van der Waals surface area contributed by atoms with E-state index in [4.69, 9.17) is 24.3 Å². The standard InChI is InChI=1S/C45H72NO10P/c1-3-5-7-8-9-10-11-12-13-14-15-16-17-18-19-20-26-30-45(50)56-41(38-55-57(51,52)54-36-35-46)37-53-44(49)29-25-22-21-24-27-39-31-34-43(48)42(39)33-32-40(47)28-23-6-4-2/h9-10,12-13,15-16,18-19,21,24,31-34,39-42,47H,3-8,11,14,17,20,22-23,25-30,35-38,46H2,1-2H3,(H,51,52)/b10-9-,13-12-,16-15-,19-18-,24-21-,33-32+/t39-,40-,41+,42+/m0/s1. The number of carbonyl (C=O) groups is 3. The highest BCUT2D eigenvalue weighted by Gasteiger charge is 2.27. The summed E-state index contributed by atoms with van der Waals surface area (Å²) in [4.78, 5) is 47.3. The topological polar surface area (TPSA) is 172 Å². The first-order chi connectivity index (χ1) is 27.6. The fraction of sp³-hybridized carbons (Fsp3) is 0.622. The summed E-state index contributed by atoms with van der Waals surface area (Å²) >= 11 is 0. The molecule has 0 radical (unpaired) electrons. The van der Waals surface area contributed by atoms with E-state index < -0.39 is 38.6 Å². The summed E-state index contributed by atoms with van der Waals surface area (Å²) in [7, 11) is -4.45. The van der Waals surface area contributed by atoms with Crippen molar-refractivity contribution in [3.8, 4) is 0 Å². The summed E-state index contributed by atoms with van der Waals surface area (Å²) in [6, 6.07) is 0. The van der Waals surface area contributed by atoms with E-state index in [0.29, 0.717) is 38.5 Å². The molecule has 0 aromatic heterocycles. The van der Waals surface area contributed by atoms with E-state index in [1.807, 2.05) is 36.5 Å². The molecule has 1 rings (SSSR count). The van der Waals surface area contributed by atoms with Gasteiger partial charge >= 0.3 is 19.8 Å². The van der Waals surface area contributed by atoms with Crippen molar-refractivity contribution in [3.05, 3.63) is 85.1 Å². The van der Waals surface area contributed by atoms with Crippen molar-refractivity contribution in [2.75, 3.05) is 26.4 Å². The lowest BCUT2D eigenvalue weighted by Crippen LogP contribution is -2.29. The number of esters is 2. The summed E-state index contributed by atoms with van der Waals surface area (Å²) in [5.74, 6) is -1.28. The van der Waals surface area contributed by atoms with E-state index in [1.165, 1.54) is 19.3 Å². The normalized spacial score (nSPS) is 18.3. The number of aliphatic hydroxyl groups is 1. The van der Waals surface area contributed by atoms with Gasteiger partial charge in [0.05, 0.1) is 19.3 Å². The Labute approximate surface area is 342 Å². The second-order valence-corrected chi connectivity index (χ2v) is 15.6. The van der Waals surface area contributed by atoms with Gasteiger partial charge < -0.3 is 25.2 Å². The van der Waals surface area contributed by atoms with Gasteiger partial charge in [0.25, 0.3) is 0 Å². The molecule has 11 nitrogen and oxygen atoms in total. The molecule has 1 aliphatic rings. The maximum Gasteiger partial charge on any atom is 0.472 e. The molecule has 0 aromatic rings. The molecule has 0 aromatic carbocycles. The zero-order chi connectivity index (χ0) is 41.8. The highest BCUT2D eigenvalue weighted by atomic mass is 31.2. The van der Waals surface area contributed by atoms with Crippen LogP contribution in [0.4, 0.5) is 0 Å². The molecule has 322 valence electrons. The minimum Gasteiger partial charge on any atom is -0.462 e. The predicted molar refractivity (Wildman–Crippen MR) is 228 cm³/mol. The third kappa shape index (κ3) is 29.7. The van der Waals surface area contributed by atoms with Gasteiger partial charge in [0.15, 0.2) is 11.9 Å². The largest absolute Gasteiger partial charge is 0.472 e. The molecule has 0 heterocycles. The minimum absolute atomic E-state index is 0.0119. The van der Waals surface area contributed by atoms with Gasteiger partial charge in [-0.05, 0) is 82.6 Å². The zero-order valence-corrected chi connectivity index (χ0v) is 35.5. The Bertz CT molecular complexity index is 1350. The monoisotopic (exact) mass is 817 g/mol. The molecular formula is C45H72NO10P. The quantitative estimate of drug-likeness (QED) is 0.0241. The Morgan fingerprint density at radius 3 is 2.00 bits per heavy atom. The van der Waals surface area contributed by atoms with Crippen LogP contribution in [-0.4, -0.2) is 66.3 Å². The lowest BCUT2D eigenvalue weighted by Gasteiger charge is -2.19. The summed E-state index contributed by atoms with van der Waals surface area (Å²) in [6.45, 7) is 3.28. The van der Waals surface area contributed by atoms with E-state index in [0.717, 1.165) is 44.9 Å². The molecule has 0 spiro atoms. The van der Waals surface area contributed by atoms with Gasteiger partial charge in [-0.2, -0.15) is 0 Å². The number of hydrogen-bond donors (Lipinski definition) is 3. The van der Waals surface area contributed by atoms with E-state index in [-0.39, 0.29) is 50.2 Å². The number of ether oxygens (including phenoxy) is 2. The van der Waals surface area contributed by atoms with Crippen molar-refractivity contribution >= 4 is 25.5 Å². The highest BCUT2D eigenvalue weighted by Crippen LogP contribution is 2.43. The molecule has 5 atom stereocenters. The molecule has 0 bridgehead atoms. The van der Waals surface area contributed by atoms with Crippen molar-refractivity contribution < 1.29 is 47.5 Å². The molecule has 0 fully saturated rings. The number of phosphoric ester groups is 1. The number of rotatable bonds is 35. The molecule has 0 amide bonds. The average molecular weight is 818 g/mol. The van der Waals surface area contributed by atoms with Gasteiger partial charge in [0, 0.05) is 25.3 Å². The molecule has 1 unspecified atom stereocenters. The van der Waals surface area contributed by atoms with Crippen LogP contribution in [0, 0.1) is 11.8 Å². The molecule has 0 aliphatic heterocycles. The van der Waals surface area contributed by atoms with Crippen LogP contribution >= 0.6 is 7.82 Å². The SMILES string of the molecule is CCCCC/C=C\C/C=C\C/C=C\C/C=C\CCCC(=O)O[C@H](COC(=O)CCC/C=C\C[C@H]1C=CC(=O)[C@@H]1/C=C/[C@@H](O)CCCCC)COP(=O)(O)OCCN. The number of hydrogen-bond acceptors (Lipinski definition) is 10. The molecular weight excluding hydrogens is 745 g/mol. The van der Waals surface area contributed by atoms with Crippen LogP contribution in [0.1, 0.15) is 129 Å². The fourth-order valence-electron chi connectivity index (χ4n) is 5.73. The maximum absolute atomic E-state index is 12.6. The van der Waals surface area contributed by atoms with Crippen molar-refractivity contribution in [2.45, 2.75) is 142 Å². The number of unbranched alkanes of at least 4 members (excludes halogenated alkanes) is 7. The third-order valence-corrected chi connectivity index (χ3v) is 9.99. The van der Waals surface area contributed by atoms with Crippen LogP contribution in [0.25, 0.3) is 0 Å². The molecule has 0 saturated carbocycles. The predicted octanol–water partition coefficient (Wildman–Crippen LogP) is 9.66. The van der Waals surface area contributed by atoms with Gasteiger partial charge in [0.1, 0.15) is 6.61 Å². The summed E-state index contributed by atoms with van der Waals surface area (Å²) < 4.78 is 32.7. The molecule has 57 heavy (non-hydrogen) atoms. The van der Waals surface area contributed by atoms with Crippen LogP contribution in [0.15, 0.2) is 85.1 Å². The Hall–Kier alpha value is -3.18. The van der Waals surface area contributed by atoms with Crippen molar-refractivity contribution in [3.63, 3.8) is 0 Å². The summed E-state index contributed by atoms with van der Waals surface area (Å²) in [5, 5.41) is 10.2. The lowest BCUT2D eigenvalue weighted by atomic mass is 9.90. The van der Waals surface area contributed by atoms with Crippen LogP contribution in [0.5, 0.6) is 0 Å². The lowest BCUT2D eigenvalue weighted by molar-refractivity contribution is -0.161. The maximum atomic E-state index is 12.6. The van der Waals surface area contributed by atoms with Crippen molar-refractivity contribution in [1.29, 1.82) is 0 Å². The van der Waals surface area contributed by atoms with Crippen molar-refractivity contribution in [2.24, 2.45) is 17.6 Å². The summed E-state index contributed by atoms with van der Waals surface area (Å²) in [5.41, 5.74) is 5.34. The van der Waals surface area contributed by atoms with Crippen LogP contribution in [0.2, 0.25) is 0 Å². The van der Waals surface area contributed by atoms with Crippen LogP contribution in [0.3, 0.4) is 0 Å². The molecule has 0 saturated heterocycles. The smallest absolute Gasteiger partial charge is 0.462 e. The fourth-order valence-corrected chi connectivity index (χ4v) is 6.50. The average Bonchev–Trinajstić information content (AvgIpc) is 3.54. The van der Waals surface area contributed by atoms with Gasteiger partial charge in [-0.25, -0.2) is 4.57 Å². The molecule has 4 N–H and O–H groups in total. The third-order valence-electron chi connectivity index (χ3n) is 9.00. The van der Waals surface area contributed by atoms with Gasteiger partial charge in [-0.1, -0.05) is 125 Å². The van der Waals surface area contributed by atoms with E-state index >= 15 is 0 Å². The van der Waals surface area contributed by atoms with Crippen molar-refractivity contribution in [1.82, 2.24) is 0 Å². The summed E-state index contributed by atoms with van der Waals surface area (Å²) in [6.07, 6.45) is 41.1. The number of aliphatic hydroxyl groups excluding tert-OH is 1. The number of nitrogens with two attached hydrogens (primary N) is 1. The van der Waals surface area contributed by atoms with Crippen LogP contribution in [-0.2, 0) is 37.5 Å². The van der Waals surface area contributed by atoms with E-state index in [1.54, 1.807) is 12.2 Å². The Balaban J connectivity index is 2.43. The first-order valence-electron chi connectivity index (χ1n) is 21.1. The number of allylic oxidation sites excluding steroid dienone is 13. The van der Waals surface area contributed by atoms with Gasteiger partial charge in [-0.3, -0.25) is 23.4 Å². The van der Waals surface area contributed by atoms with E-state index in [2.05, 4.69) is 50.3 Å². The first-order valence-corrected chi connectivity index (χ1v) is 22.6. The Morgan fingerprint density at radius 1 is 0.789 bits per heavy atom. The number of carbonyl (C=O) groups excluding carboxylic acids is 3. The number of ketones is 1.